The minimum absolute atomic E-state index is 0.0894. The van der Waals surface area contributed by atoms with Gasteiger partial charge in [0, 0.05) is 5.38 Å². The van der Waals surface area contributed by atoms with Crippen molar-refractivity contribution in [2.45, 2.75) is 25.8 Å². The monoisotopic (exact) mass is 200 g/mol. The molecule has 1 rings (SSSR count). The molecular weight excluding hydrogens is 188 g/mol. The summed E-state index contributed by atoms with van der Waals surface area (Å²) in [4.78, 5) is 14.4. The van der Waals surface area contributed by atoms with Crippen LogP contribution in [-0.4, -0.2) is 16.1 Å². The number of rotatable bonds is 4. The topological polar surface area (TPSA) is 76.2 Å². The maximum atomic E-state index is 10.5. The molecule has 0 bridgehead atoms. The summed E-state index contributed by atoms with van der Waals surface area (Å²) in [5, 5.41) is 10.8. The summed E-state index contributed by atoms with van der Waals surface area (Å²) in [5.74, 6) is -0.994. The van der Waals surface area contributed by atoms with Crippen LogP contribution < -0.4 is 5.73 Å². The van der Waals surface area contributed by atoms with E-state index in [0.717, 1.165) is 12.8 Å². The summed E-state index contributed by atoms with van der Waals surface area (Å²) in [6, 6.07) is -0.122. The lowest BCUT2D eigenvalue weighted by Gasteiger charge is -2.04. The van der Waals surface area contributed by atoms with Crippen molar-refractivity contribution in [3.8, 4) is 0 Å². The van der Waals surface area contributed by atoms with Crippen LogP contribution in [0.2, 0.25) is 0 Å². The van der Waals surface area contributed by atoms with Crippen LogP contribution >= 0.6 is 11.3 Å². The maximum absolute atomic E-state index is 10.5. The van der Waals surface area contributed by atoms with E-state index < -0.39 is 5.97 Å². The fourth-order valence-electron chi connectivity index (χ4n) is 0.991. The molecule has 0 radical (unpaired) electrons. The number of carboxylic acid groups (broad SMARTS) is 1. The first-order valence-electron chi connectivity index (χ1n) is 4.09. The molecule has 0 saturated heterocycles. The van der Waals surface area contributed by atoms with E-state index in [1.807, 2.05) is 6.92 Å². The summed E-state index contributed by atoms with van der Waals surface area (Å²) in [6.07, 6.45) is 1.82. The van der Waals surface area contributed by atoms with Crippen molar-refractivity contribution in [2.24, 2.45) is 5.73 Å². The molecule has 1 unspecified atom stereocenters. The largest absolute Gasteiger partial charge is 0.476 e. The van der Waals surface area contributed by atoms with Gasteiger partial charge in [0.25, 0.3) is 0 Å². The number of hydrogen-bond donors (Lipinski definition) is 2. The fraction of sp³-hybridized carbons (Fsp3) is 0.500. The van der Waals surface area contributed by atoms with Crippen LogP contribution in [0, 0.1) is 0 Å². The summed E-state index contributed by atoms with van der Waals surface area (Å²) < 4.78 is 0. The second-order valence-corrected chi connectivity index (χ2v) is 3.66. The first-order chi connectivity index (χ1) is 6.15. The van der Waals surface area contributed by atoms with E-state index in [1.165, 1.54) is 16.7 Å². The lowest BCUT2D eigenvalue weighted by atomic mass is 10.2. The second kappa shape index (κ2) is 4.34. The zero-order valence-electron chi connectivity index (χ0n) is 7.36. The maximum Gasteiger partial charge on any atom is 0.355 e. The summed E-state index contributed by atoms with van der Waals surface area (Å²) in [7, 11) is 0. The molecule has 1 heterocycles. The third-order valence-corrected chi connectivity index (χ3v) is 2.63. The Balaban J connectivity index is 2.73. The lowest BCUT2D eigenvalue weighted by Crippen LogP contribution is -2.09. The Morgan fingerprint density at radius 2 is 2.54 bits per heavy atom. The van der Waals surface area contributed by atoms with Crippen molar-refractivity contribution in [2.75, 3.05) is 0 Å². The number of aromatic nitrogens is 1. The number of hydrogen-bond acceptors (Lipinski definition) is 4. The molecule has 0 aliphatic rings. The van der Waals surface area contributed by atoms with E-state index in [9.17, 15) is 4.79 Å². The molecule has 1 aromatic rings. The van der Waals surface area contributed by atoms with Gasteiger partial charge >= 0.3 is 5.97 Å². The van der Waals surface area contributed by atoms with Gasteiger partial charge in [-0.3, -0.25) is 0 Å². The highest BCUT2D eigenvalue weighted by Crippen LogP contribution is 2.19. The van der Waals surface area contributed by atoms with Gasteiger partial charge in [-0.25, -0.2) is 9.78 Å². The van der Waals surface area contributed by atoms with Crippen LogP contribution in [0.25, 0.3) is 0 Å². The number of nitrogens with zero attached hydrogens (tertiary/aromatic N) is 1. The van der Waals surface area contributed by atoms with Crippen molar-refractivity contribution in [1.29, 1.82) is 0 Å². The Bertz CT molecular complexity index is 298. The Kier molecular flexibility index (Phi) is 3.39. The zero-order chi connectivity index (χ0) is 9.84. The molecule has 0 aliphatic heterocycles. The molecule has 3 N–H and O–H groups in total. The van der Waals surface area contributed by atoms with Crippen molar-refractivity contribution >= 4 is 17.3 Å². The molecule has 0 aliphatic carbocycles. The van der Waals surface area contributed by atoms with Crippen molar-refractivity contribution < 1.29 is 9.90 Å². The Morgan fingerprint density at radius 1 is 1.85 bits per heavy atom. The highest BCUT2D eigenvalue weighted by atomic mass is 32.1. The normalized spacial score (nSPS) is 12.8. The van der Waals surface area contributed by atoms with Crippen molar-refractivity contribution in [3.05, 3.63) is 16.1 Å². The molecule has 1 aromatic heterocycles. The molecule has 0 spiro atoms. The average Bonchev–Trinajstić information content (AvgIpc) is 2.52. The first kappa shape index (κ1) is 10.1. The number of aromatic carboxylic acids is 1. The van der Waals surface area contributed by atoms with Crippen LogP contribution in [0.4, 0.5) is 0 Å². The molecule has 72 valence electrons. The molecular formula is C8H12N2O2S. The Morgan fingerprint density at radius 3 is 3.00 bits per heavy atom. The Hall–Kier alpha value is -0.940. The van der Waals surface area contributed by atoms with Crippen LogP contribution in [0.1, 0.15) is 41.3 Å². The fourth-order valence-corrected chi connectivity index (χ4v) is 1.82. The van der Waals surface area contributed by atoms with Gasteiger partial charge in [0.2, 0.25) is 0 Å². The molecule has 13 heavy (non-hydrogen) atoms. The van der Waals surface area contributed by atoms with E-state index in [2.05, 4.69) is 4.98 Å². The van der Waals surface area contributed by atoms with E-state index in [-0.39, 0.29) is 11.7 Å². The third-order valence-electron chi connectivity index (χ3n) is 1.66. The molecule has 0 amide bonds. The Labute approximate surface area is 80.4 Å². The number of nitrogens with two attached hydrogens (primary N) is 1. The lowest BCUT2D eigenvalue weighted by molar-refractivity contribution is 0.0691. The third kappa shape index (κ3) is 2.50. The van der Waals surface area contributed by atoms with Crippen LogP contribution in [0.5, 0.6) is 0 Å². The minimum atomic E-state index is -0.994. The quantitative estimate of drug-likeness (QED) is 0.774. The zero-order valence-corrected chi connectivity index (χ0v) is 8.17. The van der Waals surface area contributed by atoms with Gasteiger partial charge in [-0.1, -0.05) is 13.3 Å². The molecule has 0 saturated carbocycles. The van der Waals surface area contributed by atoms with Crippen LogP contribution in [0.15, 0.2) is 5.38 Å². The van der Waals surface area contributed by atoms with Gasteiger partial charge in [0.15, 0.2) is 5.69 Å². The van der Waals surface area contributed by atoms with Gasteiger partial charge in [-0.2, -0.15) is 0 Å². The SMILES string of the molecule is CCCC(N)c1nc(C(=O)O)cs1. The molecule has 0 fully saturated rings. The minimum Gasteiger partial charge on any atom is -0.476 e. The van der Waals surface area contributed by atoms with Gasteiger partial charge < -0.3 is 10.8 Å². The summed E-state index contributed by atoms with van der Waals surface area (Å²) in [5.41, 5.74) is 5.86. The van der Waals surface area contributed by atoms with E-state index >= 15 is 0 Å². The van der Waals surface area contributed by atoms with Gasteiger partial charge in [0.1, 0.15) is 5.01 Å². The second-order valence-electron chi connectivity index (χ2n) is 2.77. The highest BCUT2D eigenvalue weighted by molar-refractivity contribution is 7.09. The van der Waals surface area contributed by atoms with Crippen molar-refractivity contribution in [1.82, 2.24) is 4.98 Å². The molecule has 4 nitrogen and oxygen atoms in total. The average molecular weight is 200 g/mol. The van der Waals surface area contributed by atoms with Gasteiger partial charge in [-0.05, 0) is 6.42 Å². The summed E-state index contributed by atoms with van der Waals surface area (Å²) >= 11 is 1.31. The number of carboxylic acids is 1. The molecule has 0 aromatic carbocycles. The smallest absolute Gasteiger partial charge is 0.355 e. The number of carbonyl (C=O) groups is 1. The van der Waals surface area contributed by atoms with Crippen LogP contribution in [0.3, 0.4) is 0 Å². The van der Waals surface area contributed by atoms with E-state index in [0.29, 0.717) is 5.01 Å². The van der Waals surface area contributed by atoms with Crippen molar-refractivity contribution in [3.63, 3.8) is 0 Å². The summed E-state index contributed by atoms with van der Waals surface area (Å²) in [6.45, 7) is 2.03. The van der Waals surface area contributed by atoms with E-state index in [4.69, 9.17) is 10.8 Å². The van der Waals surface area contributed by atoms with Crippen LogP contribution in [-0.2, 0) is 0 Å². The first-order valence-corrected chi connectivity index (χ1v) is 4.97. The predicted octanol–water partition coefficient (Wildman–Crippen LogP) is 1.64. The molecule has 5 heteroatoms. The molecule has 1 atom stereocenters. The highest BCUT2D eigenvalue weighted by Gasteiger charge is 2.13. The van der Waals surface area contributed by atoms with E-state index in [1.54, 1.807) is 0 Å². The van der Waals surface area contributed by atoms with Gasteiger partial charge in [-0.15, -0.1) is 11.3 Å². The number of thiazole rings is 1. The standard InChI is InChI=1S/C8H12N2O2S/c1-2-3-5(9)7-10-6(4-13-7)8(11)12/h4-5H,2-3,9H2,1H3,(H,11,12). The predicted molar refractivity (Wildman–Crippen MR) is 50.9 cm³/mol. The van der Waals surface area contributed by atoms with Gasteiger partial charge in [0.05, 0.1) is 6.04 Å².